The molecular formula is C22H31N5. The van der Waals surface area contributed by atoms with Crippen molar-refractivity contribution in [3.63, 3.8) is 0 Å². The molecule has 27 heavy (non-hydrogen) atoms. The Kier molecular flexibility index (Phi) is 5.80. The van der Waals surface area contributed by atoms with Gasteiger partial charge in [-0.2, -0.15) is 0 Å². The number of aryl methyl sites for hydroxylation is 2. The van der Waals surface area contributed by atoms with Crippen molar-refractivity contribution in [2.24, 2.45) is 0 Å². The van der Waals surface area contributed by atoms with Crippen LogP contribution in [0.1, 0.15) is 44.5 Å². The molecule has 144 valence electrons. The number of aromatic nitrogens is 4. The molecule has 0 fully saturated rings. The van der Waals surface area contributed by atoms with Gasteiger partial charge < -0.3 is 0 Å². The van der Waals surface area contributed by atoms with E-state index in [0.717, 1.165) is 24.6 Å². The quantitative estimate of drug-likeness (QED) is 0.625. The highest BCUT2D eigenvalue weighted by atomic mass is 15.3. The first-order valence-corrected chi connectivity index (χ1v) is 9.76. The van der Waals surface area contributed by atoms with Gasteiger partial charge in [-0.05, 0) is 64.8 Å². The van der Waals surface area contributed by atoms with E-state index in [0.29, 0.717) is 12.1 Å². The van der Waals surface area contributed by atoms with E-state index in [-0.39, 0.29) is 0 Å². The first-order valence-electron chi connectivity index (χ1n) is 9.76. The van der Waals surface area contributed by atoms with Crippen LogP contribution in [0.15, 0.2) is 43.1 Å². The van der Waals surface area contributed by atoms with Crippen LogP contribution in [-0.2, 0) is 6.42 Å². The summed E-state index contributed by atoms with van der Waals surface area (Å²) in [5, 5.41) is 0. The van der Waals surface area contributed by atoms with Crippen molar-refractivity contribution in [1.82, 2.24) is 24.0 Å². The SMILES string of the molecule is Cc1cc(C)cc(-n2c(CCN(C(C)C)C(C)C)cnc2-n2ccnc2)c1. The second-order valence-electron chi connectivity index (χ2n) is 7.88. The molecule has 0 saturated heterocycles. The Bertz CT molecular complexity index is 846. The van der Waals surface area contributed by atoms with Crippen molar-refractivity contribution in [2.75, 3.05) is 6.54 Å². The second-order valence-corrected chi connectivity index (χ2v) is 7.88. The molecule has 3 aromatic rings. The third-order valence-electron chi connectivity index (χ3n) is 4.97. The number of rotatable bonds is 7. The van der Waals surface area contributed by atoms with E-state index in [9.17, 15) is 0 Å². The first kappa shape index (κ1) is 19.4. The molecule has 5 heteroatoms. The fourth-order valence-electron chi connectivity index (χ4n) is 3.83. The van der Waals surface area contributed by atoms with E-state index >= 15 is 0 Å². The fourth-order valence-corrected chi connectivity index (χ4v) is 3.83. The standard InChI is InChI=1S/C22H31N5/c1-16(2)26(17(3)4)9-7-20-14-24-22(25-10-8-23-15-25)27(20)21-12-18(5)11-19(6)13-21/h8,10-17H,7,9H2,1-6H3. The third-order valence-corrected chi connectivity index (χ3v) is 4.97. The van der Waals surface area contributed by atoms with Crippen molar-refractivity contribution < 1.29 is 0 Å². The molecule has 0 atom stereocenters. The molecule has 0 saturated carbocycles. The molecule has 0 aliphatic heterocycles. The Hall–Kier alpha value is -2.40. The summed E-state index contributed by atoms with van der Waals surface area (Å²) in [4.78, 5) is 11.5. The zero-order valence-corrected chi connectivity index (χ0v) is 17.3. The van der Waals surface area contributed by atoms with E-state index in [2.05, 4.69) is 74.2 Å². The molecule has 5 nitrogen and oxygen atoms in total. The van der Waals surface area contributed by atoms with Crippen LogP contribution < -0.4 is 0 Å². The Morgan fingerprint density at radius 2 is 1.67 bits per heavy atom. The Morgan fingerprint density at radius 3 is 2.22 bits per heavy atom. The van der Waals surface area contributed by atoms with Gasteiger partial charge in [0.25, 0.3) is 0 Å². The molecule has 0 aliphatic rings. The lowest BCUT2D eigenvalue weighted by molar-refractivity contribution is 0.176. The molecule has 3 rings (SSSR count). The Labute approximate surface area is 162 Å². The molecule has 2 heterocycles. The summed E-state index contributed by atoms with van der Waals surface area (Å²) in [6, 6.07) is 7.70. The molecule has 0 bridgehead atoms. The van der Waals surface area contributed by atoms with Gasteiger partial charge in [0.2, 0.25) is 5.95 Å². The summed E-state index contributed by atoms with van der Waals surface area (Å²) in [5.74, 6) is 0.883. The van der Waals surface area contributed by atoms with E-state index in [1.807, 2.05) is 17.0 Å². The van der Waals surface area contributed by atoms with Gasteiger partial charge in [0.1, 0.15) is 6.33 Å². The van der Waals surface area contributed by atoms with Gasteiger partial charge in [0.05, 0.1) is 6.20 Å². The Balaban J connectivity index is 2.02. The zero-order chi connectivity index (χ0) is 19.6. The summed E-state index contributed by atoms with van der Waals surface area (Å²) in [6.45, 7) is 14.3. The highest BCUT2D eigenvalue weighted by Gasteiger charge is 2.18. The van der Waals surface area contributed by atoms with Crippen LogP contribution >= 0.6 is 0 Å². The summed E-state index contributed by atoms with van der Waals surface area (Å²) in [7, 11) is 0. The highest BCUT2D eigenvalue weighted by Crippen LogP contribution is 2.22. The van der Waals surface area contributed by atoms with Crippen LogP contribution in [0.5, 0.6) is 0 Å². The Morgan fingerprint density at radius 1 is 1.00 bits per heavy atom. The second kappa shape index (κ2) is 8.09. The molecule has 0 spiro atoms. The maximum absolute atomic E-state index is 4.73. The van der Waals surface area contributed by atoms with Gasteiger partial charge in [-0.15, -0.1) is 0 Å². The average molecular weight is 366 g/mol. The monoisotopic (exact) mass is 365 g/mol. The normalized spacial score (nSPS) is 11.9. The van der Waals surface area contributed by atoms with Crippen LogP contribution in [0.2, 0.25) is 0 Å². The van der Waals surface area contributed by atoms with Crippen molar-refractivity contribution in [2.45, 2.75) is 60.0 Å². The molecule has 0 amide bonds. The zero-order valence-electron chi connectivity index (χ0n) is 17.3. The lowest BCUT2D eigenvalue weighted by atomic mass is 10.1. The number of nitrogens with zero attached hydrogens (tertiary/aromatic N) is 5. The van der Waals surface area contributed by atoms with Crippen LogP contribution in [-0.4, -0.2) is 42.6 Å². The number of hydrogen-bond donors (Lipinski definition) is 0. The van der Waals surface area contributed by atoms with E-state index in [1.165, 1.54) is 16.8 Å². The molecule has 0 aliphatic carbocycles. The van der Waals surface area contributed by atoms with Crippen molar-refractivity contribution in [3.05, 3.63) is 59.9 Å². The minimum atomic E-state index is 0.524. The maximum Gasteiger partial charge on any atom is 0.219 e. The number of benzene rings is 1. The lowest BCUT2D eigenvalue weighted by Crippen LogP contribution is -2.38. The topological polar surface area (TPSA) is 38.9 Å². The largest absolute Gasteiger partial charge is 0.298 e. The summed E-state index contributed by atoms with van der Waals surface area (Å²) < 4.78 is 4.24. The van der Waals surface area contributed by atoms with Gasteiger partial charge in [-0.25, -0.2) is 9.97 Å². The maximum atomic E-state index is 4.73. The average Bonchev–Trinajstić information content (AvgIpc) is 3.22. The van der Waals surface area contributed by atoms with Gasteiger partial charge in [-0.1, -0.05) is 6.07 Å². The third kappa shape index (κ3) is 4.30. The van der Waals surface area contributed by atoms with Crippen LogP contribution in [0, 0.1) is 13.8 Å². The minimum absolute atomic E-state index is 0.524. The van der Waals surface area contributed by atoms with Gasteiger partial charge in [0.15, 0.2) is 0 Å². The molecule has 0 radical (unpaired) electrons. The predicted molar refractivity (Wildman–Crippen MR) is 111 cm³/mol. The summed E-state index contributed by atoms with van der Waals surface area (Å²) in [5.41, 5.74) is 4.89. The summed E-state index contributed by atoms with van der Waals surface area (Å²) >= 11 is 0. The van der Waals surface area contributed by atoms with Crippen LogP contribution in [0.3, 0.4) is 0 Å². The lowest BCUT2D eigenvalue weighted by Gasteiger charge is -2.30. The van der Waals surface area contributed by atoms with Crippen molar-refractivity contribution in [1.29, 1.82) is 0 Å². The van der Waals surface area contributed by atoms with Gasteiger partial charge in [-0.3, -0.25) is 14.0 Å². The van der Waals surface area contributed by atoms with Gasteiger partial charge in [0, 0.05) is 48.8 Å². The predicted octanol–water partition coefficient (Wildman–Crippen LogP) is 4.34. The van der Waals surface area contributed by atoms with Crippen LogP contribution in [0.4, 0.5) is 0 Å². The molecular weight excluding hydrogens is 334 g/mol. The number of hydrogen-bond acceptors (Lipinski definition) is 3. The van der Waals surface area contributed by atoms with Gasteiger partial charge >= 0.3 is 0 Å². The molecule has 0 unspecified atom stereocenters. The fraction of sp³-hybridized carbons (Fsp3) is 0.455. The molecule has 1 aromatic carbocycles. The van der Waals surface area contributed by atoms with Crippen LogP contribution in [0.25, 0.3) is 11.6 Å². The summed E-state index contributed by atoms with van der Waals surface area (Å²) in [6.07, 6.45) is 8.50. The molecule has 0 N–H and O–H groups in total. The first-order chi connectivity index (χ1) is 12.9. The van der Waals surface area contributed by atoms with E-state index in [4.69, 9.17) is 4.98 Å². The minimum Gasteiger partial charge on any atom is -0.298 e. The highest BCUT2D eigenvalue weighted by molar-refractivity contribution is 5.44. The van der Waals surface area contributed by atoms with E-state index < -0.39 is 0 Å². The van der Waals surface area contributed by atoms with E-state index in [1.54, 1.807) is 12.5 Å². The number of imidazole rings is 2. The smallest absolute Gasteiger partial charge is 0.219 e. The van der Waals surface area contributed by atoms with Crippen molar-refractivity contribution in [3.8, 4) is 11.6 Å². The van der Waals surface area contributed by atoms with Crippen molar-refractivity contribution >= 4 is 0 Å². The molecule has 2 aromatic heterocycles.